The molecule has 0 aromatic heterocycles. The molecule has 2 nitrogen and oxygen atoms in total. The molecule has 3 heteroatoms. The van der Waals surface area contributed by atoms with Crippen LogP contribution in [0.25, 0.3) is 0 Å². The Labute approximate surface area is 54.3 Å². The third-order valence-electron chi connectivity index (χ3n) is 0.823. The molecule has 0 saturated carbocycles. The Hall–Kier alpha value is 0.01000. The van der Waals surface area contributed by atoms with Crippen molar-refractivity contribution in [3.63, 3.8) is 0 Å². The highest BCUT2D eigenvalue weighted by molar-refractivity contribution is 7.81. The SMILES string of the molecule is C=CC(S)C(O)CO. The van der Waals surface area contributed by atoms with Crippen LogP contribution >= 0.6 is 12.6 Å². The Kier molecular flexibility index (Phi) is 3.95. The molecule has 0 fully saturated rings. The van der Waals surface area contributed by atoms with Crippen LogP contribution in [0, 0.1) is 0 Å². The number of aliphatic hydroxyl groups is 2. The van der Waals surface area contributed by atoms with Crippen LogP contribution in [0.15, 0.2) is 12.7 Å². The number of thiol groups is 1. The summed E-state index contributed by atoms with van der Waals surface area (Å²) in [5.74, 6) is 0. The van der Waals surface area contributed by atoms with E-state index in [0.717, 1.165) is 0 Å². The summed E-state index contributed by atoms with van der Waals surface area (Å²) >= 11 is 3.88. The molecule has 0 aliphatic heterocycles. The molecule has 2 N–H and O–H groups in total. The largest absolute Gasteiger partial charge is 0.394 e. The minimum atomic E-state index is -0.782. The molecule has 2 atom stereocenters. The van der Waals surface area contributed by atoms with Crippen LogP contribution in [0.5, 0.6) is 0 Å². The van der Waals surface area contributed by atoms with Crippen LogP contribution in [0.2, 0.25) is 0 Å². The molecule has 0 aromatic rings. The van der Waals surface area contributed by atoms with Crippen molar-refractivity contribution in [2.45, 2.75) is 11.4 Å². The summed E-state index contributed by atoms with van der Waals surface area (Å²) in [5, 5.41) is 16.7. The number of hydrogen-bond donors (Lipinski definition) is 3. The number of hydrogen-bond acceptors (Lipinski definition) is 3. The van der Waals surface area contributed by atoms with E-state index in [1.165, 1.54) is 6.08 Å². The first-order valence-corrected chi connectivity index (χ1v) is 2.83. The van der Waals surface area contributed by atoms with Gasteiger partial charge in [-0.3, -0.25) is 0 Å². The van der Waals surface area contributed by atoms with Crippen molar-refractivity contribution < 1.29 is 10.2 Å². The topological polar surface area (TPSA) is 40.5 Å². The van der Waals surface area contributed by atoms with Gasteiger partial charge in [0.2, 0.25) is 0 Å². The van der Waals surface area contributed by atoms with Crippen molar-refractivity contribution in [2.24, 2.45) is 0 Å². The van der Waals surface area contributed by atoms with Crippen LogP contribution in [-0.2, 0) is 0 Å². The van der Waals surface area contributed by atoms with Crippen molar-refractivity contribution in [1.82, 2.24) is 0 Å². The van der Waals surface area contributed by atoms with Gasteiger partial charge in [0.15, 0.2) is 0 Å². The van der Waals surface area contributed by atoms with Gasteiger partial charge in [-0.05, 0) is 0 Å². The highest BCUT2D eigenvalue weighted by atomic mass is 32.1. The molecule has 0 rings (SSSR count). The lowest BCUT2D eigenvalue weighted by Gasteiger charge is -2.09. The summed E-state index contributed by atoms with van der Waals surface area (Å²) in [6.07, 6.45) is 0.695. The third kappa shape index (κ3) is 2.35. The first-order chi connectivity index (χ1) is 3.72. The van der Waals surface area contributed by atoms with Crippen molar-refractivity contribution >= 4 is 12.6 Å². The lowest BCUT2D eigenvalue weighted by atomic mass is 10.2. The van der Waals surface area contributed by atoms with E-state index in [4.69, 9.17) is 10.2 Å². The highest BCUT2D eigenvalue weighted by Crippen LogP contribution is 2.00. The van der Waals surface area contributed by atoms with Crippen molar-refractivity contribution in [1.29, 1.82) is 0 Å². The molecular formula is C5H10O2S. The lowest BCUT2D eigenvalue weighted by Crippen LogP contribution is -2.22. The fraction of sp³-hybridized carbons (Fsp3) is 0.600. The lowest BCUT2D eigenvalue weighted by molar-refractivity contribution is 0.102. The Morgan fingerprint density at radius 3 is 2.38 bits per heavy atom. The van der Waals surface area contributed by atoms with Crippen molar-refractivity contribution in [2.75, 3.05) is 6.61 Å². The molecule has 0 aliphatic carbocycles. The van der Waals surface area contributed by atoms with Gasteiger partial charge in [-0.25, -0.2) is 0 Å². The molecule has 0 heterocycles. The van der Waals surface area contributed by atoms with Crippen LogP contribution in [-0.4, -0.2) is 28.2 Å². The molecule has 0 amide bonds. The fourth-order valence-electron chi connectivity index (χ4n) is 0.265. The second-order valence-corrected chi connectivity index (χ2v) is 2.07. The van der Waals surface area contributed by atoms with Gasteiger partial charge in [0.1, 0.15) is 0 Å². The molecule has 0 radical (unpaired) electrons. The van der Waals surface area contributed by atoms with Gasteiger partial charge in [0.05, 0.1) is 12.7 Å². The Bertz CT molecular complexity index is 74.8. The maximum atomic E-state index is 8.73. The van der Waals surface area contributed by atoms with E-state index >= 15 is 0 Å². The van der Waals surface area contributed by atoms with Gasteiger partial charge < -0.3 is 10.2 Å². The molecule has 0 bridgehead atoms. The van der Waals surface area contributed by atoms with Gasteiger partial charge in [-0.2, -0.15) is 12.6 Å². The first-order valence-electron chi connectivity index (χ1n) is 2.32. The van der Waals surface area contributed by atoms with E-state index in [-0.39, 0.29) is 11.9 Å². The maximum absolute atomic E-state index is 8.73. The third-order valence-corrected chi connectivity index (χ3v) is 1.38. The van der Waals surface area contributed by atoms with E-state index in [1.54, 1.807) is 0 Å². The second kappa shape index (κ2) is 3.95. The first kappa shape index (κ1) is 8.01. The average Bonchev–Trinajstić information content (AvgIpc) is 1.84. The van der Waals surface area contributed by atoms with Gasteiger partial charge in [0.25, 0.3) is 0 Å². The predicted molar refractivity (Wildman–Crippen MR) is 36.1 cm³/mol. The summed E-state index contributed by atoms with van der Waals surface area (Å²) < 4.78 is 0. The Balaban J connectivity index is 3.44. The zero-order chi connectivity index (χ0) is 6.57. The molecule has 0 aliphatic rings. The zero-order valence-electron chi connectivity index (χ0n) is 4.49. The van der Waals surface area contributed by atoms with Crippen molar-refractivity contribution in [3.05, 3.63) is 12.7 Å². The number of rotatable bonds is 3. The molecular weight excluding hydrogens is 124 g/mol. The average molecular weight is 134 g/mol. The Morgan fingerprint density at radius 2 is 2.25 bits per heavy atom. The minimum Gasteiger partial charge on any atom is -0.394 e. The van der Waals surface area contributed by atoms with Gasteiger partial charge >= 0.3 is 0 Å². The van der Waals surface area contributed by atoms with Gasteiger partial charge in [-0.1, -0.05) is 6.08 Å². The van der Waals surface area contributed by atoms with E-state index in [0.29, 0.717) is 0 Å². The van der Waals surface area contributed by atoms with Crippen LogP contribution in [0.4, 0.5) is 0 Å². The zero-order valence-corrected chi connectivity index (χ0v) is 5.38. The monoisotopic (exact) mass is 134 g/mol. The van der Waals surface area contributed by atoms with E-state index in [2.05, 4.69) is 19.2 Å². The summed E-state index contributed by atoms with van der Waals surface area (Å²) in [6, 6.07) is 0. The summed E-state index contributed by atoms with van der Waals surface area (Å²) in [4.78, 5) is 0. The maximum Gasteiger partial charge on any atom is 0.0921 e. The van der Waals surface area contributed by atoms with E-state index in [1.807, 2.05) is 0 Å². The highest BCUT2D eigenvalue weighted by Gasteiger charge is 2.07. The smallest absolute Gasteiger partial charge is 0.0921 e. The quantitative estimate of drug-likeness (QED) is 0.370. The van der Waals surface area contributed by atoms with E-state index < -0.39 is 6.10 Å². The predicted octanol–water partition coefficient (Wildman–Crippen LogP) is -0.176. The standard InChI is InChI=1S/C5H10O2S/c1-2-5(8)4(7)3-6/h2,4-8H,1,3H2. The van der Waals surface area contributed by atoms with Gasteiger partial charge in [-0.15, -0.1) is 6.58 Å². The van der Waals surface area contributed by atoms with Crippen LogP contribution < -0.4 is 0 Å². The van der Waals surface area contributed by atoms with Crippen LogP contribution in [0.3, 0.4) is 0 Å². The normalized spacial score (nSPS) is 17.4. The molecule has 0 spiro atoms. The second-order valence-electron chi connectivity index (χ2n) is 1.48. The number of aliphatic hydroxyl groups excluding tert-OH is 2. The molecule has 0 saturated heterocycles. The molecule has 48 valence electrons. The molecule has 2 unspecified atom stereocenters. The fourth-order valence-corrected chi connectivity index (χ4v) is 0.359. The van der Waals surface area contributed by atoms with E-state index in [9.17, 15) is 0 Å². The molecule has 0 aromatic carbocycles. The summed E-state index contributed by atoms with van der Waals surface area (Å²) in [6.45, 7) is 3.12. The van der Waals surface area contributed by atoms with Crippen molar-refractivity contribution in [3.8, 4) is 0 Å². The Morgan fingerprint density at radius 1 is 1.75 bits per heavy atom. The minimum absolute atomic E-state index is 0.264. The summed E-state index contributed by atoms with van der Waals surface area (Å²) in [7, 11) is 0. The molecule has 8 heavy (non-hydrogen) atoms. The van der Waals surface area contributed by atoms with Gasteiger partial charge in [0, 0.05) is 5.25 Å². The summed E-state index contributed by atoms with van der Waals surface area (Å²) in [5.41, 5.74) is 0. The van der Waals surface area contributed by atoms with Crippen LogP contribution in [0.1, 0.15) is 0 Å².